The number of fused-ring (bicyclic) bond motifs is 2. The average Bonchev–Trinajstić information content (AvgIpc) is 3.04. The first-order valence-corrected chi connectivity index (χ1v) is 12.0. The Bertz CT molecular complexity index is 1300. The van der Waals surface area contributed by atoms with E-state index in [1.807, 2.05) is 30.3 Å². The van der Waals surface area contributed by atoms with Crippen molar-refractivity contribution in [2.75, 3.05) is 13.2 Å². The Labute approximate surface area is 178 Å². The van der Waals surface area contributed by atoms with Crippen molar-refractivity contribution in [2.45, 2.75) is 17.1 Å². The van der Waals surface area contributed by atoms with Gasteiger partial charge in [0, 0.05) is 30.4 Å². The molecule has 2 aromatic heterocycles. The number of pyridine rings is 1. The van der Waals surface area contributed by atoms with Crippen LogP contribution in [-0.4, -0.2) is 31.6 Å². The van der Waals surface area contributed by atoms with Crippen LogP contribution in [0.4, 0.5) is 0 Å². The highest BCUT2D eigenvalue weighted by Gasteiger charge is 2.20. The summed E-state index contributed by atoms with van der Waals surface area (Å²) in [4.78, 5) is 8.99. The maximum Gasteiger partial charge on any atom is 0.182 e. The van der Waals surface area contributed by atoms with Crippen LogP contribution in [0.25, 0.3) is 20.8 Å². The average molecular weight is 439 g/mol. The third-order valence-electron chi connectivity index (χ3n) is 4.80. The number of thiazole rings is 1. The molecular formula is C22H18N2O4S2. The van der Waals surface area contributed by atoms with Crippen LogP contribution in [0.5, 0.6) is 11.5 Å². The number of sulfone groups is 1. The lowest BCUT2D eigenvalue weighted by molar-refractivity contribution is 0.297. The number of hydrogen-bond acceptors (Lipinski definition) is 7. The van der Waals surface area contributed by atoms with E-state index in [1.165, 1.54) is 11.3 Å². The summed E-state index contributed by atoms with van der Waals surface area (Å²) in [5.41, 5.74) is 2.48. The molecule has 0 fully saturated rings. The Hall–Kier alpha value is -2.97. The van der Waals surface area contributed by atoms with Gasteiger partial charge in [-0.3, -0.25) is 4.98 Å². The summed E-state index contributed by atoms with van der Waals surface area (Å²) in [6, 6.07) is 14.2. The van der Waals surface area contributed by atoms with Crippen LogP contribution >= 0.6 is 11.3 Å². The molecule has 0 radical (unpaired) electrons. The first kappa shape index (κ1) is 19.0. The van der Waals surface area contributed by atoms with Crippen molar-refractivity contribution in [1.29, 1.82) is 0 Å². The lowest BCUT2D eigenvalue weighted by Crippen LogP contribution is -2.06. The molecule has 4 aromatic rings. The van der Waals surface area contributed by atoms with Gasteiger partial charge in [-0.05, 0) is 29.8 Å². The first-order valence-electron chi connectivity index (χ1n) is 9.51. The molecule has 2 aromatic carbocycles. The fourth-order valence-corrected chi connectivity index (χ4v) is 5.61. The molecule has 0 atom stereocenters. The van der Waals surface area contributed by atoms with Gasteiger partial charge >= 0.3 is 0 Å². The van der Waals surface area contributed by atoms with Crippen LogP contribution < -0.4 is 9.47 Å². The van der Waals surface area contributed by atoms with Gasteiger partial charge < -0.3 is 9.47 Å². The second kappa shape index (κ2) is 7.70. The molecule has 0 saturated heterocycles. The Morgan fingerprint density at radius 2 is 1.87 bits per heavy atom. The van der Waals surface area contributed by atoms with Gasteiger partial charge in [-0.1, -0.05) is 18.2 Å². The minimum absolute atomic E-state index is 0.104. The molecule has 6 nitrogen and oxygen atoms in total. The first-order chi connectivity index (χ1) is 14.6. The summed E-state index contributed by atoms with van der Waals surface area (Å²) in [6.07, 6.45) is 4.27. The molecule has 0 aliphatic carbocycles. The zero-order chi connectivity index (χ0) is 20.6. The van der Waals surface area contributed by atoms with Gasteiger partial charge in [0.2, 0.25) is 0 Å². The zero-order valence-corrected chi connectivity index (χ0v) is 17.6. The van der Waals surface area contributed by atoms with E-state index in [1.54, 1.807) is 30.6 Å². The number of benzene rings is 2. The second-order valence-corrected chi connectivity index (χ2v) is 10.0. The van der Waals surface area contributed by atoms with Crippen molar-refractivity contribution in [3.8, 4) is 22.1 Å². The van der Waals surface area contributed by atoms with Gasteiger partial charge in [0.1, 0.15) is 5.01 Å². The highest BCUT2D eigenvalue weighted by atomic mass is 32.2. The van der Waals surface area contributed by atoms with Crippen LogP contribution in [0.2, 0.25) is 0 Å². The van der Waals surface area contributed by atoms with Crippen LogP contribution in [-0.2, 0) is 15.6 Å². The van der Waals surface area contributed by atoms with Gasteiger partial charge in [0.05, 0.1) is 34.1 Å². The van der Waals surface area contributed by atoms with E-state index < -0.39 is 9.84 Å². The monoisotopic (exact) mass is 438 g/mol. The van der Waals surface area contributed by atoms with Gasteiger partial charge in [-0.2, -0.15) is 0 Å². The number of ether oxygens (including phenoxy) is 2. The third kappa shape index (κ3) is 3.76. The largest absolute Gasteiger partial charge is 0.490 e. The second-order valence-electron chi connectivity index (χ2n) is 6.98. The van der Waals surface area contributed by atoms with Gasteiger partial charge in [0.25, 0.3) is 0 Å². The normalized spacial score (nSPS) is 13.9. The molecule has 0 amide bonds. The SMILES string of the molecule is O=S(=O)(Cc1cccc(-c2nc3ccncc3s2)c1)c1ccc2c(c1)OCCCO2. The Balaban J connectivity index is 1.44. The van der Waals surface area contributed by atoms with Gasteiger partial charge in [-0.15, -0.1) is 11.3 Å². The van der Waals surface area contributed by atoms with Crippen molar-refractivity contribution < 1.29 is 17.9 Å². The lowest BCUT2D eigenvalue weighted by atomic mass is 10.1. The topological polar surface area (TPSA) is 78.4 Å². The molecule has 152 valence electrons. The van der Waals surface area contributed by atoms with Crippen molar-refractivity contribution in [3.63, 3.8) is 0 Å². The highest BCUT2D eigenvalue weighted by molar-refractivity contribution is 7.90. The molecule has 1 aliphatic heterocycles. The fraction of sp³-hybridized carbons (Fsp3) is 0.182. The molecule has 5 rings (SSSR count). The molecule has 0 bridgehead atoms. The van der Waals surface area contributed by atoms with E-state index in [-0.39, 0.29) is 10.6 Å². The zero-order valence-electron chi connectivity index (χ0n) is 15.9. The Morgan fingerprint density at radius 1 is 1.00 bits per heavy atom. The van der Waals surface area contributed by atoms with Crippen molar-refractivity contribution in [3.05, 3.63) is 66.5 Å². The van der Waals surface area contributed by atoms with Crippen LogP contribution in [0.1, 0.15) is 12.0 Å². The quantitative estimate of drug-likeness (QED) is 0.467. The molecule has 1 aliphatic rings. The molecule has 0 unspecified atom stereocenters. The maximum atomic E-state index is 13.0. The summed E-state index contributed by atoms with van der Waals surface area (Å²) < 4.78 is 38.3. The van der Waals surface area contributed by atoms with Crippen LogP contribution in [0.15, 0.2) is 65.8 Å². The van der Waals surface area contributed by atoms with Crippen molar-refractivity contribution in [2.24, 2.45) is 0 Å². The predicted molar refractivity (Wildman–Crippen MR) is 116 cm³/mol. The molecule has 30 heavy (non-hydrogen) atoms. The molecule has 0 N–H and O–H groups in total. The van der Waals surface area contributed by atoms with E-state index in [2.05, 4.69) is 9.97 Å². The van der Waals surface area contributed by atoms with E-state index in [4.69, 9.17) is 9.47 Å². The summed E-state index contributed by atoms with van der Waals surface area (Å²) in [5, 5.41) is 0.841. The molecule has 0 spiro atoms. The highest BCUT2D eigenvalue weighted by Crippen LogP contribution is 2.34. The molecule has 8 heteroatoms. The number of aromatic nitrogens is 2. The number of nitrogens with zero attached hydrogens (tertiary/aromatic N) is 2. The minimum atomic E-state index is -3.54. The Morgan fingerprint density at radius 3 is 2.73 bits per heavy atom. The van der Waals surface area contributed by atoms with Crippen molar-refractivity contribution >= 4 is 31.4 Å². The lowest BCUT2D eigenvalue weighted by Gasteiger charge is -2.10. The predicted octanol–water partition coefficient (Wildman–Crippen LogP) is 4.49. The summed E-state index contributed by atoms with van der Waals surface area (Å²) in [6.45, 7) is 1.07. The minimum Gasteiger partial charge on any atom is -0.490 e. The molecular weight excluding hydrogens is 420 g/mol. The molecule has 3 heterocycles. The third-order valence-corrected chi connectivity index (χ3v) is 7.54. The smallest absolute Gasteiger partial charge is 0.182 e. The number of hydrogen-bond donors (Lipinski definition) is 0. The van der Waals surface area contributed by atoms with E-state index in [9.17, 15) is 8.42 Å². The summed E-state index contributed by atoms with van der Waals surface area (Å²) >= 11 is 1.54. The fourth-order valence-electron chi connectivity index (χ4n) is 3.34. The van der Waals surface area contributed by atoms with E-state index in [0.717, 1.165) is 27.2 Å². The Kier molecular flexibility index (Phi) is 4.88. The standard InChI is InChI=1S/C22H18N2O4S2/c25-30(26,17-5-6-19-20(12-17)28-10-2-9-27-19)14-15-3-1-4-16(11-15)22-24-18-7-8-23-13-21(18)29-22/h1,3-8,11-13H,2,9-10,14H2. The van der Waals surface area contributed by atoms with Crippen molar-refractivity contribution in [1.82, 2.24) is 9.97 Å². The van der Waals surface area contributed by atoms with Crippen LogP contribution in [0.3, 0.4) is 0 Å². The number of rotatable bonds is 4. The van der Waals surface area contributed by atoms with Crippen LogP contribution in [0, 0.1) is 0 Å². The molecule has 0 saturated carbocycles. The summed E-state index contributed by atoms with van der Waals surface area (Å²) in [7, 11) is -3.54. The van der Waals surface area contributed by atoms with E-state index >= 15 is 0 Å². The summed E-state index contributed by atoms with van der Waals surface area (Å²) in [5.74, 6) is 0.955. The maximum absolute atomic E-state index is 13.0. The van der Waals surface area contributed by atoms with Gasteiger partial charge in [-0.25, -0.2) is 13.4 Å². The van der Waals surface area contributed by atoms with Gasteiger partial charge in [0.15, 0.2) is 21.3 Å². The van der Waals surface area contributed by atoms with E-state index in [0.29, 0.717) is 30.3 Å².